The van der Waals surface area contributed by atoms with Crippen LogP contribution in [0.2, 0.25) is 0 Å². The predicted molar refractivity (Wildman–Crippen MR) is 55.0 cm³/mol. The molecule has 6 heteroatoms. The average Bonchev–Trinajstić information content (AvgIpc) is 2.20. The molecule has 0 bridgehead atoms. The fourth-order valence-electron chi connectivity index (χ4n) is 1.74. The topological polar surface area (TPSA) is 93.8 Å². The molecule has 82 valence electrons. The molecule has 0 spiro atoms. The molecule has 15 heavy (non-hydrogen) atoms. The molecular weight excluding hydrogens is 194 g/mol. The largest absolute Gasteiger partial charge is 0.378 e. The van der Waals surface area contributed by atoms with Crippen molar-refractivity contribution in [2.45, 2.75) is 31.4 Å². The van der Waals surface area contributed by atoms with E-state index < -0.39 is 5.54 Å². The SMILES string of the molecule is CCOC1CC(C#N)(NCCN=[N+]=[N-])C1. The molecule has 1 saturated carbocycles. The summed E-state index contributed by atoms with van der Waals surface area (Å²) in [6.07, 6.45) is 1.63. The smallest absolute Gasteiger partial charge is 0.111 e. The minimum absolute atomic E-state index is 0.196. The Kier molecular flexibility index (Phi) is 4.37. The van der Waals surface area contributed by atoms with E-state index in [-0.39, 0.29) is 6.10 Å². The lowest BCUT2D eigenvalue weighted by atomic mass is 9.75. The molecule has 0 amide bonds. The maximum Gasteiger partial charge on any atom is 0.111 e. The van der Waals surface area contributed by atoms with Crippen LogP contribution >= 0.6 is 0 Å². The number of hydrogen-bond donors (Lipinski definition) is 1. The first-order valence-electron chi connectivity index (χ1n) is 5.05. The van der Waals surface area contributed by atoms with E-state index in [9.17, 15) is 0 Å². The van der Waals surface area contributed by atoms with Gasteiger partial charge >= 0.3 is 0 Å². The predicted octanol–water partition coefficient (Wildman–Crippen LogP) is 1.35. The van der Waals surface area contributed by atoms with Crippen LogP contribution in [0.4, 0.5) is 0 Å². The Morgan fingerprint density at radius 3 is 3.00 bits per heavy atom. The second kappa shape index (κ2) is 5.56. The summed E-state index contributed by atoms with van der Waals surface area (Å²) in [5.74, 6) is 0. The van der Waals surface area contributed by atoms with Crippen LogP contribution in [0.1, 0.15) is 19.8 Å². The van der Waals surface area contributed by atoms with Gasteiger partial charge in [0.15, 0.2) is 0 Å². The standard InChI is InChI=1S/C9H15N5O/c1-2-15-8-5-9(6-8,7-10)12-3-4-13-14-11/h8,12H,2-6H2,1H3. The Labute approximate surface area is 88.8 Å². The van der Waals surface area contributed by atoms with Gasteiger partial charge in [0, 0.05) is 37.4 Å². The van der Waals surface area contributed by atoms with Gasteiger partial charge in [0.1, 0.15) is 5.54 Å². The lowest BCUT2D eigenvalue weighted by Crippen LogP contribution is -2.57. The van der Waals surface area contributed by atoms with Gasteiger partial charge in [-0.15, -0.1) is 0 Å². The van der Waals surface area contributed by atoms with Crippen LogP contribution < -0.4 is 5.32 Å². The maximum absolute atomic E-state index is 9.01. The molecule has 6 nitrogen and oxygen atoms in total. The lowest BCUT2D eigenvalue weighted by molar-refractivity contribution is -0.0309. The molecule has 1 aliphatic carbocycles. The minimum Gasteiger partial charge on any atom is -0.378 e. The van der Waals surface area contributed by atoms with Crippen molar-refractivity contribution in [1.29, 1.82) is 5.26 Å². The second-order valence-electron chi connectivity index (χ2n) is 3.56. The summed E-state index contributed by atoms with van der Waals surface area (Å²) < 4.78 is 5.39. The first kappa shape index (κ1) is 11.8. The molecule has 0 unspecified atom stereocenters. The summed E-state index contributed by atoms with van der Waals surface area (Å²) in [5, 5.41) is 15.5. The van der Waals surface area contributed by atoms with Crippen LogP contribution in [-0.2, 0) is 4.74 Å². The number of ether oxygens (including phenoxy) is 1. The summed E-state index contributed by atoms with van der Waals surface area (Å²) in [5.41, 5.74) is 7.61. The van der Waals surface area contributed by atoms with E-state index in [4.69, 9.17) is 15.5 Å². The van der Waals surface area contributed by atoms with E-state index in [0.29, 0.717) is 32.5 Å². The van der Waals surface area contributed by atoms with E-state index in [0.717, 1.165) is 0 Å². The number of nitrogens with one attached hydrogen (secondary N) is 1. The number of azide groups is 1. The molecule has 0 radical (unpaired) electrons. The van der Waals surface area contributed by atoms with Crippen LogP contribution in [0.15, 0.2) is 5.11 Å². The molecule has 0 aromatic rings. The molecule has 1 N–H and O–H groups in total. The Balaban J connectivity index is 2.26. The molecule has 1 rings (SSSR count). The molecule has 0 saturated heterocycles. The molecule has 0 aliphatic heterocycles. The van der Waals surface area contributed by atoms with E-state index in [2.05, 4.69) is 21.4 Å². The molecule has 0 heterocycles. The fraction of sp³-hybridized carbons (Fsp3) is 0.889. The first-order valence-corrected chi connectivity index (χ1v) is 5.05. The third-order valence-electron chi connectivity index (χ3n) is 2.51. The van der Waals surface area contributed by atoms with Crippen LogP contribution in [-0.4, -0.2) is 31.3 Å². The highest BCUT2D eigenvalue weighted by atomic mass is 16.5. The zero-order chi connectivity index (χ0) is 11.1. The van der Waals surface area contributed by atoms with Crippen LogP contribution in [0, 0.1) is 11.3 Å². The molecule has 1 fully saturated rings. The Morgan fingerprint density at radius 1 is 1.73 bits per heavy atom. The molecule has 1 aliphatic rings. The van der Waals surface area contributed by atoms with Crippen molar-refractivity contribution in [2.24, 2.45) is 5.11 Å². The summed E-state index contributed by atoms with van der Waals surface area (Å²) in [6.45, 7) is 3.54. The minimum atomic E-state index is -0.467. The zero-order valence-corrected chi connectivity index (χ0v) is 8.81. The van der Waals surface area contributed by atoms with Crippen molar-refractivity contribution in [3.05, 3.63) is 10.4 Å². The Hall–Kier alpha value is -1.28. The van der Waals surface area contributed by atoms with Gasteiger partial charge in [-0.2, -0.15) is 5.26 Å². The highest BCUT2D eigenvalue weighted by Gasteiger charge is 2.44. The normalized spacial score (nSPS) is 28.7. The zero-order valence-electron chi connectivity index (χ0n) is 8.81. The van der Waals surface area contributed by atoms with Gasteiger partial charge in [-0.1, -0.05) is 5.11 Å². The van der Waals surface area contributed by atoms with Crippen LogP contribution in [0.25, 0.3) is 10.4 Å². The Bertz CT molecular complexity index is 285. The van der Waals surface area contributed by atoms with Gasteiger partial charge in [0.2, 0.25) is 0 Å². The molecular formula is C9H15N5O. The second-order valence-corrected chi connectivity index (χ2v) is 3.56. The monoisotopic (exact) mass is 209 g/mol. The first-order chi connectivity index (χ1) is 7.26. The van der Waals surface area contributed by atoms with Crippen LogP contribution in [0.3, 0.4) is 0 Å². The van der Waals surface area contributed by atoms with Gasteiger partial charge in [-0.25, -0.2) is 0 Å². The third-order valence-corrected chi connectivity index (χ3v) is 2.51. The van der Waals surface area contributed by atoms with Gasteiger partial charge in [0.05, 0.1) is 12.2 Å². The van der Waals surface area contributed by atoms with E-state index in [1.165, 1.54) is 0 Å². The van der Waals surface area contributed by atoms with E-state index >= 15 is 0 Å². The van der Waals surface area contributed by atoms with Crippen molar-refractivity contribution in [2.75, 3.05) is 19.7 Å². The molecule has 0 atom stereocenters. The summed E-state index contributed by atoms with van der Waals surface area (Å²) in [6, 6.07) is 2.25. The molecule has 0 aromatic carbocycles. The highest BCUT2D eigenvalue weighted by Crippen LogP contribution is 2.33. The third kappa shape index (κ3) is 3.10. The number of hydrogen-bond acceptors (Lipinski definition) is 4. The van der Waals surface area contributed by atoms with E-state index in [1.807, 2.05) is 6.92 Å². The lowest BCUT2D eigenvalue weighted by Gasteiger charge is -2.42. The number of rotatable bonds is 6. The van der Waals surface area contributed by atoms with E-state index in [1.54, 1.807) is 0 Å². The average molecular weight is 209 g/mol. The van der Waals surface area contributed by atoms with Gasteiger partial charge in [0.25, 0.3) is 0 Å². The quantitative estimate of drug-likeness (QED) is 0.309. The van der Waals surface area contributed by atoms with Gasteiger partial charge in [-0.05, 0) is 12.5 Å². The molecule has 0 aromatic heterocycles. The fourth-order valence-corrected chi connectivity index (χ4v) is 1.74. The number of nitriles is 1. The maximum atomic E-state index is 9.01. The van der Waals surface area contributed by atoms with Crippen molar-refractivity contribution >= 4 is 0 Å². The summed E-state index contributed by atoms with van der Waals surface area (Å²) in [4.78, 5) is 2.65. The van der Waals surface area contributed by atoms with Crippen molar-refractivity contribution < 1.29 is 4.74 Å². The number of nitrogens with zero attached hydrogens (tertiary/aromatic N) is 4. The Morgan fingerprint density at radius 2 is 2.47 bits per heavy atom. The van der Waals surface area contributed by atoms with Crippen LogP contribution in [0.5, 0.6) is 0 Å². The summed E-state index contributed by atoms with van der Waals surface area (Å²) in [7, 11) is 0. The highest BCUT2D eigenvalue weighted by molar-refractivity contribution is 5.16. The summed E-state index contributed by atoms with van der Waals surface area (Å²) >= 11 is 0. The van der Waals surface area contributed by atoms with Crippen molar-refractivity contribution in [3.63, 3.8) is 0 Å². The van der Waals surface area contributed by atoms with Gasteiger partial charge < -0.3 is 4.74 Å². The van der Waals surface area contributed by atoms with Crippen molar-refractivity contribution in [3.8, 4) is 6.07 Å². The van der Waals surface area contributed by atoms with Crippen molar-refractivity contribution in [1.82, 2.24) is 5.32 Å². The van der Waals surface area contributed by atoms with Gasteiger partial charge in [-0.3, -0.25) is 5.32 Å².